The summed E-state index contributed by atoms with van der Waals surface area (Å²) in [7, 11) is 0. The summed E-state index contributed by atoms with van der Waals surface area (Å²) in [5.41, 5.74) is 4.48. The van der Waals surface area contributed by atoms with Crippen molar-refractivity contribution in [2.45, 2.75) is 19.9 Å². The Kier molecular flexibility index (Phi) is 5.51. The Labute approximate surface area is 152 Å². The molecule has 0 fully saturated rings. The Morgan fingerprint density at radius 3 is 2.52 bits per heavy atom. The zero-order valence-corrected chi connectivity index (χ0v) is 15.3. The third-order valence-corrected chi connectivity index (χ3v) is 5.25. The summed E-state index contributed by atoms with van der Waals surface area (Å²) in [4.78, 5) is 13.7. The van der Waals surface area contributed by atoms with Crippen LogP contribution in [0.1, 0.15) is 27.6 Å². The van der Waals surface area contributed by atoms with Crippen LogP contribution in [0.5, 0.6) is 0 Å². The van der Waals surface area contributed by atoms with E-state index in [1.165, 1.54) is 11.1 Å². The van der Waals surface area contributed by atoms with Gasteiger partial charge in [-0.25, -0.2) is 0 Å². The summed E-state index contributed by atoms with van der Waals surface area (Å²) in [5, 5.41) is 8.43. The summed E-state index contributed by atoms with van der Waals surface area (Å²) in [6.07, 6.45) is 0. The zero-order chi connectivity index (χ0) is 17.6. The highest BCUT2D eigenvalue weighted by Crippen LogP contribution is 2.26. The molecule has 1 aromatic heterocycles. The lowest BCUT2D eigenvalue weighted by Gasteiger charge is -2.19. The van der Waals surface area contributed by atoms with Gasteiger partial charge >= 0.3 is 0 Å². The number of nitrogens with one attached hydrogen (secondary N) is 2. The number of anilines is 1. The second kappa shape index (κ2) is 7.99. The van der Waals surface area contributed by atoms with Crippen LogP contribution < -0.4 is 10.6 Å². The first-order valence-corrected chi connectivity index (χ1v) is 9.21. The number of rotatable bonds is 6. The Hall–Kier alpha value is -2.59. The molecular weight excluding hydrogens is 328 g/mol. The van der Waals surface area contributed by atoms with E-state index in [4.69, 9.17) is 0 Å². The number of amides is 1. The molecule has 3 nitrogen and oxygen atoms in total. The highest BCUT2D eigenvalue weighted by atomic mass is 32.1. The van der Waals surface area contributed by atoms with Crippen molar-refractivity contribution in [2.24, 2.45) is 0 Å². The molecule has 2 aromatic carbocycles. The van der Waals surface area contributed by atoms with Gasteiger partial charge in [-0.05, 0) is 48.1 Å². The van der Waals surface area contributed by atoms with Crippen LogP contribution in [0.15, 0.2) is 66.0 Å². The van der Waals surface area contributed by atoms with E-state index >= 15 is 0 Å². The molecule has 0 unspecified atom stereocenters. The molecule has 25 heavy (non-hydrogen) atoms. The summed E-state index contributed by atoms with van der Waals surface area (Å²) in [6, 6.07) is 20.1. The molecule has 0 aliphatic carbocycles. The highest BCUT2D eigenvalue weighted by Gasteiger charge is 2.17. The SMILES string of the molecule is Cc1cccc(NCC(=O)N[C@@H](c2ccccc2)c2cccs2)c1C. The standard InChI is InChI=1S/C21H22N2OS/c1-15-8-6-11-18(16(15)2)22-14-20(24)23-21(19-12-7-13-25-19)17-9-4-3-5-10-17/h3-13,21-22H,14H2,1-2H3,(H,23,24)/t21-/m0/s1. The molecule has 2 N–H and O–H groups in total. The molecule has 0 bridgehead atoms. The van der Waals surface area contributed by atoms with Crippen molar-refractivity contribution in [3.63, 3.8) is 0 Å². The molecule has 3 rings (SSSR count). The van der Waals surface area contributed by atoms with E-state index < -0.39 is 0 Å². The molecule has 0 saturated heterocycles. The third-order valence-electron chi connectivity index (χ3n) is 4.31. The topological polar surface area (TPSA) is 41.1 Å². The van der Waals surface area contributed by atoms with Gasteiger partial charge in [0.2, 0.25) is 5.91 Å². The minimum Gasteiger partial charge on any atom is -0.376 e. The van der Waals surface area contributed by atoms with Crippen molar-refractivity contribution in [1.29, 1.82) is 0 Å². The van der Waals surface area contributed by atoms with Crippen molar-refractivity contribution < 1.29 is 4.79 Å². The summed E-state index contributed by atoms with van der Waals surface area (Å²) < 4.78 is 0. The lowest BCUT2D eigenvalue weighted by Crippen LogP contribution is -2.33. The first-order chi connectivity index (χ1) is 12.1. The molecule has 3 aromatic rings. The van der Waals surface area contributed by atoms with E-state index in [1.807, 2.05) is 53.9 Å². The van der Waals surface area contributed by atoms with Gasteiger partial charge in [-0.3, -0.25) is 4.79 Å². The van der Waals surface area contributed by atoms with Crippen LogP contribution in [0.25, 0.3) is 0 Å². The predicted molar refractivity (Wildman–Crippen MR) is 105 cm³/mol. The molecule has 0 spiro atoms. The van der Waals surface area contributed by atoms with E-state index in [1.54, 1.807) is 11.3 Å². The number of aryl methyl sites for hydroxylation is 1. The van der Waals surface area contributed by atoms with Gasteiger partial charge in [0.05, 0.1) is 12.6 Å². The van der Waals surface area contributed by atoms with Crippen LogP contribution in [0, 0.1) is 13.8 Å². The number of benzene rings is 2. The highest BCUT2D eigenvalue weighted by molar-refractivity contribution is 7.10. The fraction of sp³-hybridized carbons (Fsp3) is 0.190. The third kappa shape index (κ3) is 4.28. The molecule has 1 atom stereocenters. The molecule has 4 heteroatoms. The molecule has 0 saturated carbocycles. The first-order valence-electron chi connectivity index (χ1n) is 8.33. The number of hydrogen-bond acceptors (Lipinski definition) is 3. The maximum absolute atomic E-state index is 12.5. The van der Waals surface area contributed by atoms with Gasteiger partial charge in [0.15, 0.2) is 0 Å². The predicted octanol–water partition coefficient (Wildman–Crippen LogP) is 4.68. The van der Waals surface area contributed by atoms with Crippen molar-refractivity contribution in [2.75, 3.05) is 11.9 Å². The molecule has 1 heterocycles. The van der Waals surface area contributed by atoms with Crippen LogP contribution in [-0.2, 0) is 4.79 Å². The maximum Gasteiger partial charge on any atom is 0.240 e. The van der Waals surface area contributed by atoms with Crippen LogP contribution in [-0.4, -0.2) is 12.5 Å². The normalized spacial score (nSPS) is 11.8. The van der Waals surface area contributed by atoms with E-state index in [2.05, 4.69) is 36.6 Å². The van der Waals surface area contributed by atoms with Crippen molar-refractivity contribution in [1.82, 2.24) is 5.32 Å². The second-order valence-electron chi connectivity index (χ2n) is 6.03. The van der Waals surface area contributed by atoms with Crippen LogP contribution in [0.4, 0.5) is 5.69 Å². The number of carbonyl (C=O) groups excluding carboxylic acids is 1. The van der Waals surface area contributed by atoms with Gasteiger partial charge in [0.1, 0.15) is 0 Å². The summed E-state index contributed by atoms with van der Waals surface area (Å²) in [5.74, 6) is -0.0249. The largest absolute Gasteiger partial charge is 0.376 e. The zero-order valence-electron chi connectivity index (χ0n) is 14.5. The summed E-state index contributed by atoms with van der Waals surface area (Å²) >= 11 is 1.65. The average Bonchev–Trinajstić information content (AvgIpc) is 3.16. The fourth-order valence-corrected chi connectivity index (χ4v) is 3.55. The van der Waals surface area contributed by atoms with Gasteiger partial charge in [-0.1, -0.05) is 48.5 Å². The molecule has 128 valence electrons. The molecule has 0 radical (unpaired) electrons. The van der Waals surface area contributed by atoms with Crippen molar-refractivity contribution in [3.8, 4) is 0 Å². The average molecular weight is 350 g/mol. The molecule has 0 aliphatic rings. The smallest absolute Gasteiger partial charge is 0.240 e. The first kappa shape index (κ1) is 17.2. The van der Waals surface area contributed by atoms with E-state index in [-0.39, 0.29) is 18.5 Å². The molecule has 1 amide bonds. The van der Waals surface area contributed by atoms with Crippen LogP contribution >= 0.6 is 11.3 Å². The van der Waals surface area contributed by atoms with Gasteiger partial charge in [0, 0.05) is 10.6 Å². The summed E-state index contributed by atoms with van der Waals surface area (Å²) in [6.45, 7) is 4.38. The minimum atomic E-state index is -0.117. The van der Waals surface area contributed by atoms with Gasteiger partial charge < -0.3 is 10.6 Å². The van der Waals surface area contributed by atoms with Crippen LogP contribution in [0.2, 0.25) is 0 Å². The van der Waals surface area contributed by atoms with Crippen LogP contribution in [0.3, 0.4) is 0 Å². The second-order valence-corrected chi connectivity index (χ2v) is 7.01. The number of carbonyl (C=O) groups is 1. The Balaban J connectivity index is 1.70. The Morgan fingerprint density at radius 2 is 1.80 bits per heavy atom. The van der Waals surface area contributed by atoms with Crippen molar-refractivity contribution >= 4 is 22.9 Å². The lowest BCUT2D eigenvalue weighted by molar-refractivity contribution is -0.119. The monoisotopic (exact) mass is 350 g/mol. The number of hydrogen-bond donors (Lipinski definition) is 2. The minimum absolute atomic E-state index is 0.0249. The van der Waals surface area contributed by atoms with E-state index in [0.717, 1.165) is 16.1 Å². The Bertz CT molecular complexity index is 828. The maximum atomic E-state index is 12.5. The quantitative estimate of drug-likeness (QED) is 0.677. The van der Waals surface area contributed by atoms with Gasteiger partial charge in [-0.2, -0.15) is 0 Å². The van der Waals surface area contributed by atoms with E-state index in [0.29, 0.717) is 0 Å². The van der Waals surface area contributed by atoms with E-state index in [9.17, 15) is 4.79 Å². The molecular formula is C21H22N2OS. The van der Waals surface area contributed by atoms with Gasteiger partial charge in [-0.15, -0.1) is 11.3 Å². The van der Waals surface area contributed by atoms with Crippen molar-refractivity contribution in [3.05, 3.63) is 87.6 Å². The number of thiophene rings is 1. The Morgan fingerprint density at radius 1 is 1.00 bits per heavy atom. The van der Waals surface area contributed by atoms with Gasteiger partial charge in [0.25, 0.3) is 0 Å². The fourth-order valence-electron chi connectivity index (χ4n) is 2.75. The lowest BCUT2D eigenvalue weighted by atomic mass is 10.1. The molecule has 0 aliphatic heterocycles.